The number of nitrogens with one attached hydrogen (secondary N) is 2. The number of halogens is 3. The van der Waals surface area contributed by atoms with Crippen LogP contribution in [0.15, 0.2) is 30.5 Å². The van der Waals surface area contributed by atoms with Crippen LogP contribution in [0.5, 0.6) is 0 Å². The molecule has 1 fully saturated rings. The second-order valence-electron chi connectivity index (χ2n) is 6.31. The number of piperazine rings is 1. The summed E-state index contributed by atoms with van der Waals surface area (Å²) in [4.78, 5) is 9.91. The van der Waals surface area contributed by atoms with Gasteiger partial charge in [0.25, 0.3) is 0 Å². The number of hydrogen-bond acceptors (Lipinski definition) is 5. The molecule has 0 saturated carbocycles. The molecule has 8 heteroatoms. The normalized spacial score (nSPS) is 20.7. The van der Waals surface area contributed by atoms with Gasteiger partial charge < -0.3 is 10.6 Å². The van der Waals surface area contributed by atoms with Crippen molar-refractivity contribution in [3.05, 3.63) is 47.3 Å². The highest BCUT2D eigenvalue weighted by molar-refractivity contribution is 5.57. The second-order valence-corrected chi connectivity index (χ2v) is 6.31. The highest BCUT2D eigenvalue weighted by Crippen LogP contribution is 2.33. The van der Waals surface area contributed by atoms with Crippen molar-refractivity contribution in [1.82, 2.24) is 20.2 Å². The first-order valence-corrected chi connectivity index (χ1v) is 8.25. The number of alkyl halides is 3. The Bertz CT molecular complexity index is 777. The molecular weight excluding hydrogens is 331 g/mol. The molecular formula is C17H18F3N5. The molecule has 4 rings (SSSR count). The highest BCUT2D eigenvalue weighted by Gasteiger charge is 2.33. The molecule has 0 amide bonds. The van der Waals surface area contributed by atoms with Crippen molar-refractivity contribution in [2.45, 2.75) is 18.6 Å². The molecule has 1 saturated heterocycles. The summed E-state index contributed by atoms with van der Waals surface area (Å²) in [5, 5.41) is 6.30. The van der Waals surface area contributed by atoms with Gasteiger partial charge in [-0.1, -0.05) is 6.07 Å². The molecule has 5 nitrogen and oxygen atoms in total. The van der Waals surface area contributed by atoms with Gasteiger partial charge in [0.2, 0.25) is 5.95 Å². The van der Waals surface area contributed by atoms with E-state index >= 15 is 0 Å². The van der Waals surface area contributed by atoms with Crippen LogP contribution in [0.1, 0.15) is 22.9 Å². The van der Waals surface area contributed by atoms with E-state index in [1.54, 1.807) is 0 Å². The molecule has 0 radical (unpaired) electrons. The van der Waals surface area contributed by atoms with Crippen LogP contribution in [0, 0.1) is 0 Å². The first-order chi connectivity index (χ1) is 12.0. The fraction of sp³-hybridized carbons (Fsp3) is 0.412. The van der Waals surface area contributed by atoms with Gasteiger partial charge in [0.1, 0.15) is 5.69 Å². The first-order valence-electron chi connectivity index (χ1n) is 8.25. The lowest BCUT2D eigenvalue weighted by Gasteiger charge is -2.41. The standard InChI is InChI=1S/C17H18F3N5/c18-17(19,20)15-3-5-22-16(24-15)23-12-1-2-13-11(9-12)4-7-25-8-6-21-10-14(13)25/h1-3,5,9,14,21H,4,6-8,10H2,(H,22,23,24)/t14-/m0/s1. The van der Waals surface area contributed by atoms with E-state index in [4.69, 9.17) is 0 Å². The van der Waals surface area contributed by atoms with E-state index in [0.29, 0.717) is 11.7 Å². The zero-order valence-corrected chi connectivity index (χ0v) is 13.5. The number of fused-ring (bicyclic) bond motifs is 3. The molecule has 2 aliphatic heterocycles. The van der Waals surface area contributed by atoms with Crippen molar-refractivity contribution in [2.75, 3.05) is 31.5 Å². The van der Waals surface area contributed by atoms with Gasteiger partial charge in [0.05, 0.1) is 0 Å². The number of aromatic nitrogens is 2. The molecule has 1 aromatic heterocycles. The van der Waals surface area contributed by atoms with Crippen LogP contribution in [0.2, 0.25) is 0 Å². The number of nitrogens with zero attached hydrogens (tertiary/aromatic N) is 3. The molecule has 1 atom stereocenters. The predicted octanol–water partition coefficient (Wildman–Crippen LogP) is 2.74. The maximum absolute atomic E-state index is 12.8. The van der Waals surface area contributed by atoms with Crippen molar-refractivity contribution in [1.29, 1.82) is 0 Å². The molecule has 2 aliphatic rings. The minimum atomic E-state index is -4.48. The maximum atomic E-state index is 12.8. The molecule has 0 aliphatic carbocycles. The summed E-state index contributed by atoms with van der Waals surface area (Å²) in [7, 11) is 0. The lowest BCUT2D eigenvalue weighted by atomic mass is 9.91. The van der Waals surface area contributed by atoms with Crippen LogP contribution in [0.4, 0.5) is 24.8 Å². The number of benzene rings is 1. The Hall–Kier alpha value is -2.19. The van der Waals surface area contributed by atoms with Gasteiger partial charge >= 0.3 is 6.18 Å². The van der Waals surface area contributed by atoms with E-state index in [-0.39, 0.29) is 5.95 Å². The molecule has 0 bridgehead atoms. The predicted molar refractivity (Wildman–Crippen MR) is 87.6 cm³/mol. The topological polar surface area (TPSA) is 53.1 Å². The lowest BCUT2D eigenvalue weighted by Crippen LogP contribution is -2.48. The summed E-state index contributed by atoms with van der Waals surface area (Å²) in [5.41, 5.74) is 2.26. The Labute approximate surface area is 143 Å². The fourth-order valence-electron chi connectivity index (χ4n) is 3.52. The average molecular weight is 349 g/mol. The first kappa shape index (κ1) is 16.3. The Kier molecular flexibility index (Phi) is 4.09. The zero-order valence-electron chi connectivity index (χ0n) is 13.5. The van der Waals surface area contributed by atoms with Crippen LogP contribution in [-0.4, -0.2) is 41.0 Å². The van der Waals surface area contributed by atoms with Gasteiger partial charge in [0, 0.05) is 44.1 Å². The third-order valence-corrected chi connectivity index (χ3v) is 4.73. The van der Waals surface area contributed by atoms with Gasteiger partial charge in [-0.2, -0.15) is 13.2 Å². The Morgan fingerprint density at radius 1 is 1.20 bits per heavy atom. The van der Waals surface area contributed by atoms with Crippen molar-refractivity contribution in [2.24, 2.45) is 0 Å². The number of anilines is 2. The third kappa shape index (κ3) is 3.32. The summed E-state index contributed by atoms with van der Waals surface area (Å²) < 4.78 is 38.3. The zero-order chi connectivity index (χ0) is 17.4. The Balaban J connectivity index is 1.57. The quantitative estimate of drug-likeness (QED) is 0.873. The van der Waals surface area contributed by atoms with Crippen LogP contribution >= 0.6 is 0 Å². The Morgan fingerprint density at radius 3 is 2.92 bits per heavy atom. The van der Waals surface area contributed by atoms with E-state index < -0.39 is 11.9 Å². The third-order valence-electron chi connectivity index (χ3n) is 4.73. The molecule has 2 aromatic rings. The van der Waals surface area contributed by atoms with Crippen molar-refractivity contribution < 1.29 is 13.2 Å². The fourth-order valence-corrected chi connectivity index (χ4v) is 3.52. The van der Waals surface area contributed by atoms with Gasteiger partial charge in [-0.05, 0) is 35.7 Å². The Morgan fingerprint density at radius 2 is 2.08 bits per heavy atom. The van der Waals surface area contributed by atoms with Gasteiger partial charge in [-0.15, -0.1) is 0 Å². The maximum Gasteiger partial charge on any atom is 0.433 e. The summed E-state index contributed by atoms with van der Waals surface area (Å²) in [6, 6.07) is 7.15. The molecule has 132 valence electrons. The van der Waals surface area contributed by atoms with Crippen LogP contribution in [0.25, 0.3) is 0 Å². The summed E-state index contributed by atoms with van der Waals surface area (Å²) in [6.45, 7) is 3.99. The minimum absolute atomic E-state index is 0.0495. The second kappa shape index (κ2) is 6.27. The molecule has 0 spiro atoms. The van der Waals surface area contributed by atoms with E-state index in [0.717, 1.165) is 44.9 Å². The lowest BCUT2D eigenvalue weighted by molar-refractivity contribution is -0.141. The SMILES string of the molecule is FC(F)(F)c1ccnc(Nc2ccc3c(c2)CCN2CCNC[C@@H]32)n1. The summed E-state index contributed by atoms with van der Waals surface area (Å²) in [5.74, 6) is -0.0495. The van der Waals surface area contributed by atoms with Gasteiger partial charge in [-0.25, -0.2) is 9.97 Å². The highest BCUT2D eigenvalue weighted by atomic mass is 19.4. The average Bonchev–Trinajstić information content (AvgIpc) is 2.61. The monoisotopic (exact) mass is 349 g/mol. The van der Waals surface area contributed by atoms with E-state index in [2.05, 4.69) is 31.6 Å². The minimum Gasteiger partial charge on any atom is -0.324 e. The van der Waals surface area contributed by atoms with E-state index in [1.165, 1.54) is 11.1 Å². The largest absolute Gasteiger partial charge is 0.433 e. The van der Waals surface area contributed by atoms with E-state index in [1.807, 2.05) is 12.1 Å². The molecule has 1 aromatic carbocycles. The summed E-state index contributed by atoms with van der Waals surface area (Å²) >= 11 is 0. The van der Waals surface area contributed by atoms with Gasteiger partial charge in [-0.3, -0.25) is 4.90 Å². The van der Waals surface area contributed by atoms with Crippen LogP contribution in [-0.2, 0) is 12.6 Å². The summed E-state index contributed by atoms with van der Waals surface area (Å²) in [6.07, 6.45) is -2.43. The number of hydrogen-bond donors (Lipinski definition) is 2. The van der Waals surface area contributed by atoms with E-state index in [9.17, 15) is 13.2 Å². The van der Waals surface area contributed by atoms with Crippen molar-refractivity contribution >= 4 is 11.6 Å². The number of rotatable bonds is 2. The molecule has 0 unspecified atom stereocenters. The van der Waals surface area contributed by atoms with Crippen LogP contribution < -0.4 is 10.6 Å². The molecule has 3 heterocycles. The molecule has 25 heavy (non-hydrogen) atoms. The van der Waals surface area contributed by atoms with Gasteiger partial charge in [0.15, 0.2) is 0 Å². The molecule has 2 N–H and O–H groups in total. The smallest absolute Gasteiger partial charge is 0.324 e. The van der Waals surface area contributed by atoms with Crippen molar-refractivity contribution in [3.63, 3.8) is 0 Å². The van der Waals surface area contributed by atoms with Crippen LogP contribution in [0.3, 0.4) is 0 Å². The van der Waals surface area contributed by atoms with Crippen molar-refractivity contribution in [3.8, 4) is 0 Å².